The maximum atomic E-state index is 8.94. The molecule has 0 radical (unpaired) electrons. The van der Waals surface area contributed by atoms with Crippen LogP contribution in [0.3, 0.4) is 0 Å². The van der Waals surface area contributed by atoms with Gasteiger partial charge in [-0.15, -0.1) is 0 Å². The van der Waals surface area contributed by atoms with E-state index < -0.39 is 0 Å². The zero-order chi connectivity index (χ0) is 12.3. The van der Waals surface area contributed by atoms with Gasteiger partial charge < -0.3 is 11.1 Å². The van der Waals surface area contributed by atoms with Gasteiger partial charge in [-0.05, 0) is 12.1 Å². The molecular formula is C11H12N6. The SMILES string of the molecule is Cn1ccc(CNc2ncc(N)cc2C#N)n1. The third kappa shape index (κ3) is 2.52. The average Bonchev–Trinajstić information content (AvgIpc) is 2.73. The highest BCUT2D eigenvalue weighted by Crippen LogP contribution is 2.14. The molecular weight excluding hydrogens is 216 g/mol. The fourth-order valence-corrected chi connectivity index (χ4v) is 1.44. The van der Waals surface area contributed by atoms with Crippen molar-refractivity contribution in [1.29, 1.82) is 5.26 Å². The van der Waals surface area contributed by atoms with Crippen molar-refractivity contribution in [3.63, 3.8) is 0 Å². The van der Waals surface area contributed by atoms with E-state index in [1.165, 1.54) is 6.20 Å². The van der Waals surface area contributed by atoms with E-state index in [1.54, 1.807) is 10.7 Å². The molecule has 17 heavy (non-hydrogen) atoms. The number of hydrogen-bond acceptors (Lipinski definition) is 5. The van der Waals surface area contributed by atoms with Crippen molar-refractivity contribution in [2.24, 2.45) is 7.05 Å². The lowest BCUT2D eigenvalue weighted by Gasteiger charge is -2.05. The quantitative estimate of drug-likeness (QED) is 0.813. The topological polar surface area (TPSA) is 92.5 Å². The lowest BCUT2D eigenvalue weighted by molar-refractivity contribution is 0.747. The van der Waals surface area contributed by atoms with Crippen molar-refractivity contribution in [3.8, 4) is 6.07 Å². The van der Waals surface area contributed by atoms with Crippen molar-refractivity contribution < 1.29 is 0 Å². The summed E-state index contributed by atoms with van der Waals surface area (Å²) in [7, 11) is 1.85. The molecule has 0 fully saturated rings. The van der Waals surface area contributed by atoms with Crippen LogP contribution in [0.25, 0.3) is 0 Å². The van der Waals surface area contributed by atoms with Crippen LogP contribution in [0.4, 0.5) is 11.5 Å². The molecule has 0 bridgehead atoms. The number of pyridine rings is 1. The summed E-state index contributed by atoms with van der Waals surface area (Å²) < 4.78 is 1.72. The van der Waals surface area contributed by atoms with Gasteiger partial charge in [0.05, 0.1) is 29.7 Å². The van der Waals surface area contributed by atoms with Crippen molar-refractivity contribution in [1.82, 2.24) is 14.8 Å². The number of nitrogen functional groups attached to an aromatic ring is 1. The second kappa shape index (κ2) is 4.53. The number of nitrogens with one attached hydrogen (secondary N) is 1. The Morgan fingerprint density at radius 1 is 1.59 bits per heavy atom. The summed E-state index contributed by atoms with van der Waals surface area (Å²) in [5, 5.41) is 16.2. The largest absolute Gasteiger partial charge is 0.397 e. The zero-order valence-corrected chi connectivity index (χ0v) is 9.38. The van der Waals surface area contributed by atoms with Gasteiger partial charge in [0.15, 0.2) is 0 Å². The summed E-state index contributed by atoms with van der Waals surface area (Å²) in [4.78, 5) is 4.08. The number of rotatable bonds is 3. The van der Waals surface area contributed by atoms with Crippen molar-refractivity contribution in [3.05, 3.63) is 35.8 Å². The predicted molar refractivity (Wildman–Crippen MR) is 63.9 cm³/mol. The monoisotopic (exact) mass is 228 g/mol. The number of nitrogens with zero attached hydrogens (tertiary/aromatic N) is 4. The highest BCUT2D eigenvalue weighted by molar-refractivity contribution is 5.57. The Hall–Kier alpha value is -2.55. The third-order valence-electron chi connectivity index (χ3n) is 2.24. The summed E-state index contributed by atoms with van der Waals surface area (Å²) in [6.45, 7) is 0.520. The van der Waals surface area contributed by atoms with Crippen LogP contribution in [0.5, 0.6) is 0 Å². The van der Waals surface area contributed by atoms with Crippen LogP contribution in [0.15, 0.2) is 24.5 Å². The second-order valence-corrected chi connectivity index (χ2v) is 3.61. The predicted octanol–water partition coefficient (Wildman–Crippen LogP) is 0.881. The van der Waals surface area contributed by atoms with Crippen LogP contribution >= 0.6 is 0 Å². The van der Waals surface area contributed by atoms with E-state index >= 15 is 0 Å². The molecule has 2 heterocycles. The van der Waals surface area contributed by atoms with Crippen LogP contribution < -0.4 is 11.1 Å². The lowest BCUT2D eigenvalue weighted by Crippen LogP contribution is -2.05. The minimum atomic E-state index is 0.431. The van der Waals surface area contributed by atoms with Gasteiger partial charge in [-0.25, -0.2) is 4.98 Å². The van der Waals surface area contributed by atoms with Gasteiger partial charge in [-0.3, -0.25) is 4.68 Å². The van der Waals surface area contributed by atoms with Crippen LogP contribution in [0, 0.1) is 11.3 Å². The second-order valence-electron chi connectivity index (χ2n) is 3.61. The Balaban J connectivity index is 2.12. The maximum Gasteiger partial charge on any atom is 0.144 e. The molecule has 2 aromatic rings. The van der Waals surface area contributed by atoms with Gasteiger partial charge in [-0.1, -0.05) is 0 Å². The van der Waals surface area contributed by atoms with Gasteiger partial charge >= 0.3 is 0 Å². The van der Waals surface area contributed by atoms with E-state index in [4.69, 9.17) is 11.0 Å². The van der Waals surface area contributed by atoms with Crippen LogP contribution in [0.1, 0.15) is 11.3 Å². The molecule has 3 N–H and O–H groups in total. The van der Waals surface area contributed by atoms with Crippen LogP contribution in [-0.2, 0) is 13.6 Å². The first kappa shape index (κ1) is 11.0. The summed E-state index contributed by atoms with van der Waals surface area (Å²) >= 11 is 0. The highest BCUT2D eigenvalue weighted by Gasteiger charge is 2.04. The number of aromatic nitrogens is 3. The molecule has 0 saturated carbocycles. The molecule has 0 atom stereocenters. The maximum absolute atomic E-state index is 8.94. The molecule has 2 rings (SSSR count). The van der Waals surface area contributed by atoms with Gasteiger partial charge in [0.1, 0.15) is 11.9 Å². The molecule has 0 aliphatic heterocycles. The number of anilines is 2. The van der Waals surface area contributed by atoms with E-state index in [0.29, 0.717) is 23.6 Å². The molecule has 0 aromatic carbocycles. The molecule has 86 valence electrons. The summed E-state index contributed by atoms with van der Waals surface area (Å²) in [5.74, 6) is 0.521. The molecule has 0 saturated heterocycles. The van der Waals surface area contributed by atoms with Crippen molar-refractivity contribution in [2.75, 3.05) is 11.1 Å². The Morgan fingerprint density at radius 2 is 2.41 bits per heavy atom. The van der Waals surface area contributed by atoms with E-state index in [9.17, 15) is 0 Å². The Labute approximate surface area is 98.7 Å². The number of hydrogen-bond donors (Lipinski definition) is 2. The Bertz CT molecular complexity index is 566. The van der Waals surface area contributed by atoms with Crippen molar-refractivity contribution >= 4 is 11.5 Å². The lowest BCUT2D eigenvalue weighted by atomic mass is 10.2. The normalized spacial score (nSPS) is 9.88. The van der Waals surface area contributed by atoms with E-state index in [-0.39, 0.29) is 0 Å². The van der Waals surface area contributed by atoms with Gasteiger partial charge in [-0.2, -0.15) is 10.4 Å². The fraction of sp³-hybridized carbons (Fsp3) is 0.182. The molecule has 6 heteroatoms. The number of nitrogens with two attached hydrogens (primary N) is 1. The fourth-order valence-electron chi connectivity index (χ4n) is 1.44. The molecule has 0 unspecified atom stereocenters. The standard InChI is InChI=1S/C11H12N6/c1-17-3-2-10(16-17)7-15-11-8(5-12)4-9(13)6-14-11/h2-4,6H,7,13H2,1H3,(H,14,15). The molecule has 0 aliphatic rings. The number of aryl methyl sites for hydroxylation is 1. The van der Waals surface area contributed by atoms with Gasteiger partial charge in [0, 0.05) is 13.2 Å². The number of nitriles is 1. The Morgan fingerprint density at radius 3 is 3.06 bits per heavy atom. The minimum Gasteiger partial charge on any atom is -0.397 e. The summed E-state index contributed by atoms with van der Waals surface area (Å²) in [6.07, 6.45) is 3.38. The first-order valence-electron chi connectivity index (χ1n) is 5.07. The Kier molecular flexibility index (Phi) is 2.92. The highest BCUT2D eigenvalue weighted by atomic mass is 15.3. The van der Waals surface area contributed by atoms with E-state index in [0.717, 1.165) is 5.69 Å². The summed E-state index contributed by atoms with van der Waals surface area (Å²) in [5.41, 5.74) is 7.35. The minimum absolute atomic E-state index is 0.431. The molecule has 0 spiro atoms. The zero-order valence-electron chi connectivity index (χ0n) is 9.38. The van der Waals surface area contributed by atoms with Crippen LogP contribution in [0.2, 0.25) is 0 Å². The molecule has 2 aromatic heterocycles. The molecule has 0 amide bonds. The molecule has 0 aliphatic carbocycles. The smallest absolute Gasteiger partial charge is 0.144 e. The first-order valence-corrected chi connectivity index (χ1v) is 5.07. The third-order valence-corrected chi connectivity index (χ3v) is 2.24. The molecule has 6 nitrogen and oxygen atoms in total. The first-order chi connectivity index (χ1) is 8.19. The van der Waals surface area contributed by atoms with E-state index in [2.05, 4.69) is 15.4 Å². The van der Waals surface area contributed by atoms with Gasteiger partial charge in [0.2, 0.25) is 0 Å². The van der Waals surface area contributed by atoms with Crippen molar-refractivity contribution in [2.45, 2.75) is 6.54 Å². The average molecular weight is 228 g/mol. The van der Waals surface area contributed by atoms with E-state index in [1.807, 2.05) is 25.4 Å². The summed E-state index contributed by atoms with van der Waals surface area (Å²) in [6, 6.07) is 5.54. The van der Waals surface area contributed by atoms with Crippen LogP contribution in [-0.4, -0.2) is 14.8 Å². The van der Waals surface area contributed by atoms with Gasteiger partial charge in [0.25, 0.3) is 0 Å².